The van der Waals surface area contributed by atoms with E-state index in [9.17, 15) is 4.79 Å². The summed E-state index contributed by atoms with van der Waals surface area (Å²) in [5.74, 6) is 3.10. The lowest BCUT2D eigenvalue weighted by Gasteiger charge is -2.25. The first kappa shape index (κ1) is 18.5. The number of aromatic nitrogens is 3. The van der Waals surface area contributed by atoms with E-state index in [0.717, 1.165) is 29.2 Å². The SMILES string of the molecule is O=C(CSc1n[nH]c(C2CC2)n1)N(Cc1cccs1)c1ccc2c(c1)OCCO2. The Morgan fingerprint density at radius 2 is 2.10 bits per heavy atom. The van der Waals surface area contributed by atoms with Crippen molar-refractivity contribution in [3.05, 3.63) is 46.4 Å². The topological polar surface area (TPSA) is 80.3 Å². The molecule has 1 saturated carbocycles. The Morgan fingerprint density at radius 3 is 2.90 bits per heavy atom. The molecule has 2 aliphatic rings. The quantitative estimate of drug-likeness (QED) is 0.576. The molecule has 9 heteroatoms. The third-order valence-electron chi connectivity index (χ3n) is 4.80. The predicted octanol–water partition coefficient (Wildman–Crippen LogP) is 3.84. The summed E-state index contributed by atoms with van der Waals surface area (Å²) in [4.78, 5) is 20.5. The monoisotopic (exact) mass is 428 g/mol. The third-order valence-corrected chi connectivity index (χ3v) is 6.50. The van der Waals surface area contributed by atoms with Gasteiger partial charge < -0.3 is 14.4 Å². The normalized spacial score (nSPS) is 15.3. The van der Waals surface area contributed by atoms with E-state index < -0.39 is 0 Å². The Labute approximate surface area is 176 Å². The molecule has 3 heterocycles. The second-order valence-corrected chi connectivity index (χ2v) is 8.93. The summed E-state index contributed by atoms with van der Waals surface area (Å²) in [6, 6.07) is 9.68. The van der Waals surface area contributed by atoms with Crippen molar-refractivity contribution in [1.82, 2.24) is 15.2 Å². The maximum Gasteiger partial charge on any atom is 0.237 e. The van der Waals surface area contributed by atoms with Gasteiger partial charge in [0.25, 0.3) is 0 Å². The molecule has 29 heavy (non-hydrogen) atoms. The number of thioether (sulfide) groups is 1. The Balaban J connectivity index is 1.33. The Hall–Kier alpha value is -2.52. The van der Waals surface area contributed by atoms with Crippen molar-refractivity contribution in [2.45, 2.75) is 30.5 Å². The van der Waals surface area contributed by atoms with Crippen LogP contribution in [0.2, 0.25) is 0 Å². The number of H-pyrrole nitrogens is 1. The van der Waals surface area contributed by atoms with Crippen LogP contribution >= 0.6 is 23.1 Å². The maximum absolute atomic E-state index is 13.1. The van der Waals surface area contributed by atoms with Gasteiger partial charge in [-0.15, -0.1) is 16.4 Å². The molecule has 0 unspecified atom stereocenters. The molecule has 2 aromatic heterocycles. The van der Waals surface area contributed by atoms with E-state index in [0.29, 0.717) is 42.3 Å². The summed E-state index contributed by atoms with van der Waals surface area (Å²) < 4.78 is 11.3. The molecule has 3 aromatic rings. The first-order chi connectivity index (χ1) is 14.3. The molecule has 1 amide bonds. The highest BCUT2D eigenvalue weighted by Crippen LogP contribution is 2.38. The van der Waals surface area contributed by atoms with Crippen molar-refractivity contribution >= 4 is 34.7 Å². The van der Waals surface area contributed by atoms with Crippen molar-refractivity contribution in [1.29, 1.82) is 0 Å². The van der Waals surface area contributed by atoms with E-state index in [4.69, 9.17) is 9.47 Å². The van der Waals surface area contributed by atoms with Crippen molar-refractivity contribution < 1.29 is 14.3 Å². The number of nitrogens with zero attached hydrogens (tertiary/aromatic N) is 3. The highest BCUT2D eigenvalue weighted by molar-refractivity contribution is 7.99. The number of nitrogens with one attached hydrogen (secondary N) is 1. The Kier molecular flexibility index (Phi) is 5.15. The number of carbonyl (C=O) groups is 1. The molecule has 1 aliphatic carbocycles. The average Bonchev–Trinajstić information content (AvgIpc) is 3.27. The van der Waals surface area contributed by atoms with E-state index in [1.165, 1.54) is 11.8 Å². The number of benzene rings is 1. The molecule has 150 valence electrons. The summed E-state index contributed by atoms with van der Waals surface area (Å²) in [5, 5.41) is 9.86. The molecule has 0 bridgehead atoms. The van der Waals surface area contributed by atoms with Crippen LogP contribution in [-0.2, 0) is 11.3 Å². The smallest absolute Gasteiger partial charge is 0.237 e. The number of amides is 1. The molecule has 1 N–H and O–H groups in total. The Bertz CT molecular complexity index is 1000. The molecular weight excluding hydrogens is 408 g/mol. The number of aromatic amines is 1. The van der Waals surface area contributed by atoms with Gasteiger partial charge in [0, 0.05) is 22.5 Å². The van der Waals surface area contributed by atoms with E-state index in [1.807, 2.05) is 35.7 Å². The second-order valence-electron chi connectivity index (χ2n) is 6.95. The van der Waals surface area contributed by atoms with Gasteiger partial charge in [0.15, 0.2) is 11.5 Å². The standard InChI is InChI=1S/C20H20N4O3S2/c25-18(12-29-20-21-19(22-23-20)13-3-4-13)24(11-15-2-1-9-28-15)14-5-6-16-17(10-14)27-8-7-26-16/h1-2,5-6,9-10,13H,3-4,7-8,11-12H2,(H,21,22,23). The van der Waals surface area contributed by atoms with E-state index in [2.05, 4.69) is 15.2 Å². The molecule has 0 saturated heterocycles. The van der Waals surface area contributed by atoms with Crippen LogP contribution in [0.3, 0.4) is 0 Å². The first-order valence-electron chi connectivity index (χ1n) is 9.54. The van der Waals surface area contributed by atoms with Crippen LogP contribution in [0.15, 0.2) is 40.9 Å². The van der Waals surface area contributed by atoms with Crippen LogP contribution in [0.25, 0.3) is 0 Å². The number of rotatable bonds is 7. The van der Waals surface area contributed by atoms with Crippen LogP contribution in [0.4, 0.5) is 5.69 Å². The molecule has 1 aliphatic heterocycles. The lowest BCUT2D eigenvalue weighted by atomic mass is 10.2. The highest BCUT2D eigenvalue weighted by atomic mass is 32.2. The summed E-state index contributed by atoms with van der Waals surface area (Å²) >= 11 is 3.00. The van der Waals surface area contributed by atoms with E-state index in [1.54, 1.807) is 16.2 Å². The van der Waals surface area contributed by atoms with Gasteiger partial charge in [-0.3, -0.25) is 9.89 Å². The fourth-order valence-electron chi connectivity index (χ4n) is 3.15. The maximum atomic E-state index is 13.1. The van der Waals surface area contributed by atoms with Gasteiger partial charge in [-0.2, -0.15) is 0 Å². The van der Waals surface area contributed by atoms with E-state index in [-0.39, 0.29) is 11.7 Å². The molecular formula is C20H20N4O3S2. The summed E-state index contributed by atoms with van der Waals surface area (Å²) in [7, 11) is 0. The van der Waals surface area contributed by atoms with Gasteiger partial charge in [-0.25, -0.2) is 4.98 Å². The van der Waals surface area contributed by atoms with Crippen LogP contribution in [0.1, 0.15) is 29.5 Å². The van der Waals surface area contributed by atoms with Gasteiger partial charge in [0.1, 0.15) is 19.0 Å². The number of hydrogen-bond donors (Lipinski definition) is 1. The minimum absolute atomic E-state index is 0.00199. The number of carbonyl (C=O) groups excluding carboxylic acids is 1. The predicted molar refractivity (Wildman–Crippen MR) is 112 cm³/mol. The average molecular weight is 429 g/mol. The van der Waals surface area contributed by atoms with Gasteiger partial charge in [0.05, 0.1) is 12.3 Å². The van der Waals surface area contributed by atoms with Crippen LogP contribution in [-0.4, -0.2) is 40.1 Å². The van der Waals surface area contributed by atoms with Crippen molar-refractivity contribution in [2.75, 3.05) is 23.9 Å². The van der Waals surface area contributed by atoms with Crippen molar-refractivity contribution in [3.8, 4) is 11.5 Å². The highest BCUT2D eigenvalue weighted by Gasteiger charge is 2.27. The zero-order chi connectivity index (χ0) is 19.6. The zero-order valence-electron chi connectivity index (χ0n) is 15.7. The van der Waals surface area contributed by atoms with Gasteiger partial charge in [-0.05, 0) is 36.4 Å². The van der Waals surface area contributed by atoms with Crippen LogP contribution in [0.5, 0.6) is 11.5 Å². The second kappa shape index (κ2) is 8.08. The molecule has 0 spiro atoms. The fraction of sp³-hybridized carbons (Fsp3) is 0.350. The molecule has 1 fully saturated rings. The first-order valence-corrected chi connectivity index (χ1v) is 11.4. The third kappa shape index (κ3) is 4.25. The summed E-state index contributed by atoms with van der Waals surface area (Å²) in [5.41, 5.74) is 0.793. The lowest BCUT2D eigenvalue weighted by molar-refractivity contribution is -0.116. The summed E-state index contributed by atoms with van der Waals surface area (Å²) in [6.45, 7) is 1.57. The molecule has 1 aromatic carbocycles. The minimum Gasteiger partial charge on any atom is -0.486 e. The van der Waals surface area contributed by atoms with Gasteiger partial charge in [-0.1, -0.05) is 17.8 Å². The van der Waals surface area contributed by atoms with Crippen LogP contribution < -0.4 is 14.4 Å². The van der Waals surface area contributed by atoms with Gasteiger partial charge in [0.2, 0.25) is 11.1 Å². The fourth-order valence-corrected chi connectivity index (χ4v) is 4.52. The zero-order valence-corrected chi connectivity index (χ0v) is 17.3. The largest absolute Gasteiger partial charge is 0.486 e. The minimum atomic E-state index is -0.00199. The number of anilines is 1. The number of thiophene rings is 1. The van der Waals surface area contributed by atoms with Crippen molar-refractivity contribution in [3.63, 3.8) is 0 Å². The molecule has 0 radical (unpaired) electrons. The summed E-state index contributed by atoms with van der Waals surface area (Å²) in [6.07, 6.45) is 2.33. The van der Waals surface area contributed by atoms with E-state index >= 15 is 0 Å². The van der Waals surface area contributed by atoms with Crippen LogP contribution in [0, 0.1) is 0 Å². The lowest BCUT2D eigenvalue weighted by Crippen LogP contribution is -2.31. The Morgan fingerprint density at radius 1 is 1.24 bits per heavy atom. The number of ether oxygens (including phenoxy) is 2. The number of fused-ring (bicyclic) bond motifs is 1. The molecule has 5 rings (SSSR count). The van der Waals surface area contributed by atoms with Gasteiger partial charge >= 0.3 is 0 Å². The van der Waals surface area contributed by atoms with Crippen molar-refractivity contribution in [2.24, 2.45) is 0 Å². The number of hydrogen-bond acceptors (Lipinski definition) is 7. The molecule has 0 atom stereocenters. The molecule has 7 nitrogen and oxygen atoms in total.